The number of sulfonamides is 1. The monoisotopic (exact) mass is 609 g/mol. The Morgan fingerprint density at radius 1 is 0.881 bits per heavy atom. The fourth-order valence-electron chi connectivity index (χ4n) is 5.37. The SMILES string of the molecule is CN(CCCC(=O)N(Cc1ccc(Cl)cc1)[C@@H](Cc1ccccc1)C(=O)NC1CCCCC1)S(=O)(=O)c1ccccc1. The summed E-state index contributed by atoms with van der Waals surface area (Å²) in [4.78, 5) is 29.6. The first-order valence-electron chi connectivity index (χ1n) is 14.6. The number of hydrogen-bond donors (Lipinski definition) is 1. The standard InChI is InChI=1S/C33H40ClN3O4S/c1-36(42(40,41)30-16-9-4-10-17-30)23-11-18-32(38)37(25-27-19-21-28(34)22-20-27)31(24-26-12-5-2-6-13-26)33(39)35-29-14-7-3-8-15-29/h2,4-6,9-10,12-13,16-17,19-22,29,31H,3,7-8,11,14-15,18,23-25H2,1H3,(H,35,39)/t31-/m0/s1. The van der Waals surface area contributed by atoms with Crippen LogP contribution in [-0.2, 0) is 32.6 Å². The average molecular weight is 610 g/mol. The fraction of sp³-hybridized carbons (Fsp3) is 0.394. The number of hydrogen-bond acceptors (Lipinski definition) is 4. The van der Waals surface area contributed by atoms with Crippen molar-refractivity contribution in [1.82, 2.24) is 14.5 Å². The normalized spacial score (nSPS) is 14.8. The Morgan fingerprint density at radius 3 is 2.14 bits per heavy atom. The molecule has 9 heteroatoms. The van der Waals surface area contributed by atoms with E-state index in [-0.39, 0.29) is 42.3 Å². The van der Waals surface area contributed by atoms with Gasteiger partial charge in [-0.05, 0) is 54.7 Å². The third kappa shape index (κ3) is 8.90. The van der Waals surface area contributed by atoms with Gasteiger partial charge >= 0.3 is 0 Å². The Kier molecular flexibility index (Phi) is 11.6. The van der Waals surface area contributed by atoms with Gasteiger partial charge in [0, 0.05) is 44.0 Å². The van der Waals surface area contributed by atoms with Gasteiger partial charge in [-0.15, -0.1) is 0 Å². The second-order valence-electron chi connectivity index (χ2n) is 10.9. The molecule has 3 aromatic rings. The maximum Gasteiger partial charge on any atom is 0.243 e. The van der Waals surface area contributed by atoms with Crippen LogP contribution in [0.2, 0.25) is 5.02 Å². The van der Waals surface area contributed by atoms with E-state index in [1.54, 1.807) is 47.4 Å². The van der Waals surface area contributed by atoms with Gasteiger partial charge in [0.25, 0.3) is 0 Å². The van der Waals surface area contributed by atoms with E-state index >= 15 is 0 Å². The maximum absolute atomic E-state index is 13.9. The lowest BCUT2D eigenvalue weighted by Gasteiger charge is -2.33. The molecule has 1 aliphatic rings. The molecule has 224 valence electrons. The molecule has 0 unspecified atom stereocenters. The summed E-state index contributed by atoms with van der Waals surface area (Å²) in [6, 6.07) is 24.6. The zero-order chi connectivity index (χ0) is 30.0. The van der Waals surface area contributed by atoms with Gasteiger partial charge in [0.2, 0.25) is 21.8 Å². The van der Waals surface area contributed by atoms with Crippen molar-refractivity contribution >= 4 is 33.4 Å². The smallest absolute Gasteiger partial charge is 0.243 e. The first kappa shape index (κ1) is 31.7. The Balaban J connectivity index is 1.54. The minimum atomic E-state index is -3.66. The van der Waals surface area contributed by atoms with E-state index in [2.05, 4.69) is 5.32 Å². The van der Waals surface area contributed by atoms with E-state index in [0.717, 1.165) is 36.8 Å². The highest BCUT2D eigenvalue weighted by molar-refractivity contribution is 7.89. The molecule has 0 bridgehead atoms. The third-order valence-corrected chi connectivity index (χ3v) is 9.93. The van der Waals surface area contributed by atoms with Gasteiger partial charge in [0.1, 0.15) is 6.04 Å². The molecule has 1 fully saturated rings. The molecule has 1 atom stereocenters. The highest BCUT2D eigenvalue weighted by Gasteiger charge is 2.32. The van der Waals surface area contributed by atoms with Gasteiger partial charge in [-0.1, -0.05) is 91.5 Å². The molecule has 0 aromatic heterocycles. The minimum absolute atomic E-state index is 0.101. The van der Waals surface area contributed by atoms with Crippen LogP contribution < -0.4 is 5.32 Å². The van der Waals surface area contributed by atoms with Crippen LogP contribution in [0.15, 0.2) is 89.8 Å². The molecule has 1 aliphatic carbocycles. The number of nitrogens with zero attached hydrogens (tertiary/aromatic N) is 2. The van der Waals surface area contributed by atoms with Crippen molar-refractivity contribution in [3.8, 4) is 0 Å². The summed E-state index contributed by atoms with van der Waals surface area (Å²) in [7, 11) is -2.14. The number of benzene rings is 3. The molecule has 3 aromatic carbocycles. The molecule has 0 aliphatic heterocycles. The number of halogens is 1. The number of carbonyl (C=O) groups is 2. The lowest BCUT2D eigenvalue weighted by atomic mass is 9.94. The third-order valence-electron chi connectivity index (χ3n) is 7.80. The second kappa shape index (κ2) is 15.3. The van der Waals surface area contributed by atoms with Crippen molar-refractivity contribution < 1.29 is 18.0 Å². The van der Waals surface area contributed by atoms with E-state index in [1.165, 1.54) is 17.8 Å². The number of carbonyl (C=O) groups excluding carboxylic acids is 2. The zero-order valence-electron chi connectivity index (χ0n) is 24.1. The lowest BCUT2D eigenvalue weighted by molar-refractivity contribution is -0.141. The summed E-state index contributed by atoms with van der Waals surface area (Å²) >= 11 is 6.12. The van der Waals surface area contributed by atoms with Gasteiger partial charge < -0.3 is 10.2 Å². The summed E-state index contributed by atoms with van der Waals surface area (Å²) in [5.74, 6) is -0.355. The van der Waals surface area contributed by atoms with Crippen LogP contribution in [0.1, 0.15) is 56.1 Å². The van der Waals surface area contributed by atoms with Crippen LogP contribution in [0.25, 0.3) is 0 Å². The quantitative estimate of drug-likeness (QED) is 0.264. The second-order valence-corrected chi connectivity index (χ2v) is 13.4. The molecule has 42 heavy (non-hydrogen) atoms. The van der Waals surface area contributed by atoms with Gasteiger partial charge in [-0.3, -0.25) is 9.59 Å². The van der Waals surface area contributed by atoms with Crippen molar-refractivity contribution in [3.05, 3.63) is 101 Å². The molecule has 0 spiro atoms. The highest BCUT2D eigenvalue weighted by atomic mass is 35.5. The van der Waals surface area contributed by atoms with Crippen molar-refractivity contribution in [2.24, 2.45) is 0 Å². The first-order valence-corrected chi connectivity index (χ1v) is 16.5. The Bertz CT molecular complexity index is 1400. The summed E-state index contributed by atoms with van der Waals surface area (Å²) in [6.07, 6.45) is 6.03. The predicted octanol–water partition coefficient (Wildman–Crippen LogP) is 5.83. The van der Waals surface area contributed by atoms with E-state index in [1.807, 2.05) is 42.5 Å². The van der Waals surface area contributed by atoms with Crippen LogP contribution in [0.4, 0.5) is 0 Å². The molecule has 4 rings (SSSR count). The van der Waals surface area contributed by atoms with Crippen LogP contribution in [0.3, 0.4) is 0 Å². The highest BCUT2D eigenvalue weighted by Crippen LogP contribution is 2.21. The molecule has 0 heterocycles. The Morgan fingerprint density at radius 2 is 1.50 bits per heavy atom. The molecule has 2 amide bonds. The van der Waals surface area contributed by atoms with E-state index in [9.17, 15) is 18.0 Å². The molecule has 1 N–H and O–H groups in total. The molecule has 7 nitrogen and oxygen atoms in total. The summed E-state index contributed by atoms with van der Waals surface area (Å²) in [5, 5.41) is 3.83. The molecular formula is C33H40ClN3O4S. The summed E-state index contributed by atoms with van der Waals surface area (Å²) in [5.41, 5.74) is 1.82. The van der Waals surface area contributed by atoms with Crippen LogP contribution >= 0.6 is 11.6 Å². The zero-order valence-corrected chi connectivity index (χ0v) is 25.7. The molecule has 0 radical (unpaired) electrons. The molecular weight excluding hydrogens is 570 g/mol. The van der Waals surface area contributed by atoms with Crippen molar-refractivity contribution in [1.29, 1.82) is 0 Å². The fourth-order valence-corrected chi connectivity index (χ4v) is 6.73. The predicted molar refractivity (Wildman–Crippen MR) is 166 cm³/mol. The molecule has 1 saturated carbocycles. The molecule has 0 saturated heterocycles. The largest absolute Gasteiger partial charge is 0.352 e. The lowest BCUT2D eigenvalue weighted by Crippen LogP contribution is -2.52. The van der Waals surface area contributed by atoms with Crippen LogP contribution in [0.5, 0.6) is 0 Å². The number of amides is 2. The minimum Gasteiger partial charge on any atom is -0.352 e. The Hall–Kier alpha value is -3.20. The number of nitrogens with one attached hydrogen (secondary N) is 1. The summed E-state index contributed by atoms with van der Waals surface area (Å²) in [6.45, 7) is 0.416. The maximum atomic E-state index is 13.9. The van der Waals surface area contributed by atoms with Crippen LogP contribution in [0, 0.1) is 0 Å². The van der Waals surface area contributed by atoms with E-state index < -0.39 is 16.1 Å². The van der Waals surface area contributed by atoms with Crippen molar-refractivity contribution in [2.45, 2.75) is 74.9 Å². The topological polar surface area (TPSA) is 86.8 Å². The van der Waals surface area contributed by atoms with Gasteiger partial charge in [0.05, 0.1) is 4.90 Å². The van der Waals surface area contributed by atoms with E-state index in [0.29, 0.717) is 17.9 Å². The first-order chi connectivity index (χ1) is 20.2. The average Bonchev–Trinajstić information content (AvgIpc) is 3.01. The number of rotatable bonds is 13. The van der Waals surface area contributed by atoms with Gasteiger partial charge in [-0.25, -0.2) is 12.7 Å². The van der Waals surface area contributed by atoms with Crippen molar-refractivity contribution in [3.63, 3.8) is 0 Å². The Labute approximate surface area is 254 Å². The van der Waals surface area contributed by atoms with Crippen LogP contribution in [-0.4, -0.2) is 55.1 Å². The van der Waals surface area contributed by atoms with E-state index in [4.69, 9.17) is 11.6 Å². The van der Waals surface area contributed by atoms with Gasteiger partial charge in [0.15, 0.2) is 0 Å². The summed E-state index contributed by atoms with van der Waals surface area (Å²) < 4.78 is 27.2. The van der Waals surface area contributed by atoms with Gasteiger partial charge in [-0.2, -0.15) is 0 Å². The van der Waals surface area contributed by atoms with Crippen molar-refractivity contribution in [2.75, 3.05) is 13.6 Å².